The molecular formula is C12H21BrN2S. The summed E-state index contributed by atoms with van der Waals surface area (Å²) >= 11 is 5.29. The molecule has 16 heavy (non-hydrogen) atoms. The fraction of sp³-hybridized carbons (Fsp3) is 0.667. The number of hydrogen-bond acceptors (Lipinski definition) is 3. The van der Waals surface area contributed by atoms with Gasteiger partial charge in [0.25, 0.3) is 0 Å². The lowest BCUT2D eigenvalue weighted by molar-refractivity contribution is 0.171. The van der Waals surface area contributed by atoms with Crippen LogP contribution in [0.3, 0.4) is 0 Å². The third-order valence-electron chi connectivity index (χ3n) is 3.01. The van der Waals surface area contributed by atoms with E-state index < -0.39 is 0 Å². The Bertz CT molecular complexity index is 325. The van der Waals surface area contributed by atoms with Crippen molar-refractivity contribution in [2.24, 2.45) is 5.73 Å². The first-order chi connectivity index (χ1) is 7.47. The second-order valence-electron chi connectivity index (χ2n) is 4.44. The Morgan fingerprint density at radius 3 is 2.50 bits per heavy atom. The highest BCUT2D eigenvalue weighted by Gasteiger charge is 2.25. The molecule has 2 atom stereocenters. The fourth-order valence-electron chi connectivity index (χ4n) is 1.74. The van der Waals surface area contributed by atoms with Crippen molar-refractivity contribution in [1.82, 2.24) is 4.90 Å². The van der Waals surface area contributed by atoms with Crippen LogP contribution in [0.15, 0.2) is 15.9 Å². The van der Waals surface area contributed by atoms with Gasteiger partial charge in [-0.05, 0) is 49.3 Å². The molecule has 0 saturated carbocycles. The molecule has 2 N–H and O–H groups in total. The van der Waals surface area contributed by atoms with Gasteiger partial charge < -0.3 is 5.73 Å². The molecule has 0 radical (unpaired) electrons. The van der Waals surface area contributed by atoms with Gasteiger partial charge in [-0.2, -0.15) is 0 Å². The summed E-state index contributed by atoms with van der Waals surface area (Å²) in [6, 6.07) is 3.20. The van der Waals surface area contributed by atoms with Crippen molar-refractivity contribution in [3.05, 3.63) is 20.8 Å². The van der Waals surface area contributed by atoms with Crippen LogP contribution in [0.4, 0.5) is 0 Å². The van der Waals surface area contributed by atoms with E-state index in [0.29, 0.717) is 12.1 Å². The summed E-state index contributed by atoms with van der Waals surface area (Å²) in [6.45, 7) is 6.56. The van der Waals surface area contributed by atoms with E-state index in [-0.39, 0.29) is 6.04 Å². The Hall–Kier alpha value is 0.1000. The summed E-state index contributed by atoms with van der Waals surface area (Å²) in [5.74, 6) is 0. The summed E-state index contributed by atoms with van der Waals surface area (Å²) < 4.78 is 1.15. The van der Waals surface area contributed by atoms with Gasteiger partial charge in [-0.3, -0.25) is 4.90 Å². The zero-order valence-corrected chi connectivity index (χ0v) is 12.8. The zero-order valence-electron chi connectivity index (χ0n) is 10.4. The Balaban J connectivity index is 2.96. The van der Waals surface area contributed by atoms with Gasteiger partial charge in [0.05, 0.1) is 6.04 Å². The van der Waals surface area contributed by atoms with Crippen molar-refractivity contribution < 1.29 is 0 Å². The predicted molar refractivity (Wildman–Crippen MR) is 75.9 cm³/mol. The average Bonchev–Trinajstić information content (AvgIpc) is 2.64. The second-order valence-corrected chi connectivity index (χ2v) is 6.30. The van der Waals surface area contributed by atoms with Gasteiger partial charge in [-0.1, -0.05) is 6.92 Å². The van der Waals surface area contributed by atoms with Crippen LogP contribution in [0.25, 0.3) is 0 Å². The topological polar surface area (TPSA) is 29.3 Å². The molecule has 1 aromatic heterocycles. The number of halogens is 1. The van der Waals surface area contributed by atoms with Gasteiger partial charge >= 0.3 is 0 Å². The molecule has 0 amide bonds. The molecule has 2 unspecified atom stereocenters. The van der Waals surface area contributed by atoms with Crippen LogP contribution >= 0.6 is 27.3 Å². The Kier molecular flexibility index (Phi) is 5.44. The molecule has 0 fully saturated rings. The van der Waals surface area contributed by atoms with E-state index in [2.05, 4.69) is 60.1 Å². The summed E-state index contributed by atoms with van der Waals surface area (Å²) in [5.41, 5.74) is 6.25. The first kappa shape index (κ1) is 14.2. The van der Waals surface area contributed by atoms with Gasteiger partial charge in [0.15, 0.2) is 0 Å². The number of thiophene rings is 1. The van der Waals surface area contributed by atoms with Gasteiger partial charge in [-0.15, -0.1) is 11.3 Å². The quantitative estimate of drug-likeness (QED) is 0.900. The normalized spacial score (nSPS) is 15.8. The Morgan fingerprint density at radius 1 is 1.50 bits per heavy atom. The van der Waals surface area contributed by atoms with Crippen molar-refractivity contribution in [2.45, 2.75) is 45.3 Å². The highest BCUT2D eigenvalue weighted by molar-refractivity contribution is 9.10. The molecule has 1 rings (SSSR count). The van der Waals surface area contributed by atoms with Gasteiger partial charge in [0.1, 0.15) is 0 Å². The molecule has 2 nitrogen and oxygen atoms in total. The lowest BCUT2D eigenvalue weighted by Crippen LogP contribution is -2.41. The second kappa shape index (κ2) is 6.15. The molecule has 1 aromatic rings. The van der Waals surface area contributed by atoms with Crippen molar-refractivity contribution in [1.29, 1.82) is 0 Å². The molecular weight excluding hydrogens is 284 g/mol. The molecule has 0 aliphatic carbocycles. The summed E-state index contributed by atoms with van der Waals surface area (Å²) in [5, 5.41) is 2.12. The van der Waals surface area contributed by atoms with Crippen LogP contribution < -0.4 is 5.73 Å². The van der Waals surface area contributed by atoms with Crippen molar-refractivity contribution in [3.8, 4) is 0 Å². The van der Waals surface area contributed by atoms with Crippen LogP contribution in [0.5, 0.6) is 0 Å². The summed E-state index contributed by atoms with van der Waals surface area (Å²) in [6.07, 6.45) is 0.997. The molecule has 0 aromatic carbocycles. The third-order valence-corrected chi connectivity index (χ3v) is 4.77. The van der Waals surface area contributed by atoms with Crippen LogP contribution in [0.2, 0.25) is 0 Å². The number of nitrogens with zero attached hydrogens (tertiary/aromatic N) is 1. The summed E-state index contributed by atoms with van der Waals surface area (Å²) in [7, 11) is 2.15. The van der Waals surface area contributed by atoms with Crippen LogP contribution in [-0.2, 0) is 0 Å². The minimum absolute atomic E-state index is 0.193. The van der Waals surface area contributed by atoms with Crippen LogP contribution in [-0.4, -0.2) is 24.0 Å². The maximum absolute atomic E-state index is 6.25. The minimum atomic E-state index is 0.193. The smallest absolute Gasteiger partial charge is 0.0593 e. The molecule has 0 aliphatic rings. The maximum atomic E-state index is 6.25. The molecule has 92 valence electrons. The largest absolute Gasteiger partial charge is 0.326 e. The first-order valence-corrected chi connectivity index (χ1v) is 7.36. The number of hydrogen-bond donors (Lipinski definition) is 1. The monoisotopic (exact) mass is 304 g/mol. The SMILES string of the molecule is CCC(N)C(c1cc(Br)cs1)N(C)C(C)C. The van der Waals surface area contributed by atoms with Gasteiger partial charge in [0, 0.05) is 26.8 Å². The van der Waals surface area contributed by atoms with Gasteiger partial charge in [0.2, 0.25) is 0 Å². The maximum Gasteiger partial charge on any atom is 0.0593 e. The van der Waals surface area contributed by atoms with Crippen molar-refractivity contribution >= 4 is 27.3 Å². The van der Waals surface area contributed by atoms with Gasteiger partial charge in [-0.25, -0.2) is 0 Å². The lowest BCUT2D eigenvalue weighted by Gasteiger charge is -2.34. The molecule has 0 saturated heterocycles. The molecule has 1 heterocycles. The molecule has 4 heteroatoms. The van der Waals surface area contributed by atoms with Crippen LogP contribution in [0.1, 0.15) is 38.1 Å². The van der Waals surface area contributed by atoms with E-state index in [0.717, 1.165) is 10.9 Å². The zero-order chi connectivity index (χ0) is 12.3. The average molecular weight is 305 g/mol. The van der Waals surface area contributed by atoms with E-state index in [9.17, 15) is 0 Å². The van der Waals surface area contributed by atoms with Crippen molar-refractivity contribution in [3.63, 3.8) is 0 Å². The van der Waals surface area contributed by atoms with E-state index in [4.69, 9.17) is 5.73 Å². The Labute approximate surface area is 111 Å². The first-order valence-electron chi connectivity index (χ1n) is 5.68. The lowest BCUT2D eigenvalue weighted by atomic mass is 10.0. The molecule has 0 bridgehead atoms. The number of nitrogens with two attached hydrogens (primary N) is 1. The Morgan fingerprint density at radius 2 is 2.12 bits per heavy atom. The number of rotatable bonds is 5. The van der Waals surface area contributed by atoms with Crippen LogP contribution in [0, 0.1) is 0 Å². The predicted octanol–water partition coefficient (Wildman–Crippen LogP) is 3.63. The number of likely N-dealkylation sites (N-methyl/N-ethyl adjacent to an activating group) is 1. The third kappa shape index (κ3) is 3.29. The van der Waals surface area contributed by atoms with Crippen molar-refractivity contribution in [2.75, 3.05) is 7.05 Å². The van der Waals surface area contributed by atoms with E-state index in [1.54, 1.807) is 11.3 Å². The van der Waals surface area contributed by atoms with E-state index in [1.807, 2.05) is 0 Å². The highest BCUT2D eigenvalue weighted by Crippen LogP contribution is 2.32. The van der Waals surface area contributed by atoms with E-state index >= 15 is 0 Å². The highest BCUT2D eigenvalue weighted by atomic mass is 79.9. The molecule has 0 aliphatic heterocycles. The van der Waals surface area contributed by atoms with E-state index in [1.165, 1.54) is 4.88 Å². The standard InChI is InChI=1S/C12H21BrN2S/c1-5-10(14)12(15(4)8(2)3)11-6-9(13)7-16-11/h6-8,10,12H,5,14H2,1-4H3. The summed E-state index contributed by atoms with van der Waals surface area (Å²) in [4.78, 5) is 3.70. The minimum Gasteiger partial charge on any atom is -0.326 e. The fourth-order valence-corrected chi connectivity index (χ4v) is 3.41. The molecule has 0 spiro atoms.